The van der Waals surface area contributed by atoms with E-state index >= 15 is 0 Å². The molecule has 0 fully saturated rings. The van der Waals surface area contributed by atoms with Crippen molar-refractivity contribution in [3.63, 3.8) is 0 Å². The molecule has 0 aromatic carbocycles. The highest BCUT2D eigenvalue weighted by molar-refractivity contribution is 7.51. The number of aryl methyl sites for hydroxylation is 1. The highest BCUT2D eigenvalue weighted by Crippen LogP contribution is 2.34. The fraction of sp³-hybridized carbons (Fsp3) is 0.286. The number of hydrogen-bond acceptors (Lipinski definition) is 2. The van der Waals surface area contributed by atoms with Gasteiger partial charge in [0.15, 0.2) is 0 Å². The van der Waals surface area contributed by atoms with Crippen LogP contribution in [0.25, 0.3) is 0 Å². The molecule has 0 unspecified atom stereocenters. The van der Waals surface area contributed by atoms with Crippen molar-refractivity contribution < 1.29 is 14.4 Å². The fourth-order valence-electron chi connectivity index (χ4n) is 0.824. The van der Waals surface area contributed by atoms with Crippen LogP contribution in [-0.2, 0) is 11.0 Å². The smallest absolute Gasteiger partial charge is 0.324 e. The SMILES string of the molecule is O=P(O)(O)CCc1ccncc1. The highest BCUT2D eigenvalue weighted by Gasteiger charge is 2.11. The average Bonchev–Trinajstić information content (AvgIpc) is 2.02. The van der Waals surface area contributed by atoms with Crippen LogP contribution in [0.1, 0.15) is 5.56 Å². The zero-order valence-corrected chi connectivity index (χ0v) is 7.32. The zero-order chi connectivity index (χ0) is 9.03. The summed E-state index contributed by atoms with van der Waals surface area (Å²) in [5, 5.41) is 0. The Morgan fingerprint density at radius 2 is 1.92 bits per heavy atom. The third-order valence-corrected chi connectivity index (χ3v) is 2.25. The molecule has 4 nitrogen and oxygen atoms in total. The first-order valence-electron chi connectivity index (χ1n) is 3.51. The van der Waals surface area contributed by atoms with E-state index in [0.717, 1.165) is 5.56 Å². The lowest BCUT2D eigenvalue weighted by atomic mass is 10.2. The molecule has 0 aliphatic carbocycles. The van der Waals surface area contributed by atoms with Crippen molar-refractivity contribution in [3.8, 4) is 0 Å². The maximum Gasteiger partial charge on any atom is 0.325 e. The van der Waals surface area contributed by atoms with Crippen molar-refractivity contribution in [2.24, 2.45) is 0 Å². The molecule has 0 atom stereocenters. The van der Waals surface area contributed by atoms with Gasteiger partial charge in [0, 0.05) is 12.4 Å². The van der Waals surface area contributed by atoms with Crippen molar-refractivity contribution in [3.05, 3.63) is 30.1 Å². The van der Waals surface area contributed by atoms with E-state index in [0.29, 0.717) is 6.42 Å². The first-order valence-corrected chi connectivity index (χ1v) is 5.31. The van der Waals surface area contributed by atoms with Crippen molar-refractivity contribution in [1.82, 2.24) is 4.98 Å². The van der Waals surface area contributed by atoms with Gasteiger partial charge in [0.1, 0.15) is 0 Å². The van der Waals surface area contributed by atoms with Gasteiger partial charge in [-0.05, 0) is 24.1 Å². The van der Waals surface area contributed by atoms with E-state index in [1.54, 1.807) is 24.5 Å². The fourth-order valence-corrected chi connectivity index (χ4v) is 1.37. The van der Waals surface area contributed by atoms with Gasteiger partial charge in [0.2, 0.25) is 0 Å². The Labute approximate surface area is 70.4 Å². The van der Waals surface area contributed by atoms with Gasteiger partial charge in [0.25, 0.3) is 0 Å². The van der Waals surface area contributed by atoms with Crippen LogP contribution in [0.5, 0.6) is 0 Å². The summed E-state index contributed by atoms with van der Waals surface area (Å²) in [6, 6.07) is 3.49. The molecule has 1 rings (SSSR count). The van der Waals surface area contributed by atoms with Crippen LogP contribution in [0.2, 0.25) is 0 Å². The van der Waals surface area contributed by atoms with Crippen molar-refractivity contribution in [1.29, 1.82) is 0 Å². The molecule has 1 aromatic heterocycles. The first-order chi connectivity index (χ1) is 5.58. The predicted octanol–water partition coefficient (Wildman–Crippen LogP) is 0.802. The van der Waals surface area contributed by atoms with Gasteiger partial charge in [-0.3, -0.25) is 9.55 Å². The summed E-state index contributed by atoms with van der Waals surface area (Å²) in [7, 11) is -3.85. The van der Waals surface area contributed by atoms with Crippen LogP contribution in [0, 0.1) is 0 Å². The maximum absolute atomic E-state index is 10.5. The van der Waals surface area contributed by atoms with Gasteiger partial charge >= 0.3 is 7.60 Å². The molecule has 0 amide bonds. The van der Waals surface area contributed by atoms with Crippen molar-refractivity contribution in [2.45, 2.75) is 6.42 Å². The first kappa shape index (κ1) is 9.39. The lowest BCUT2D eigenvalue weighted by molar-refractivity contribution is 0.373. The lowest BCUT2D eigenvalue weighted by Gasteiger charge is -2.02. The quantitative estimate of drug-likeness (QED) is 0.686. The standard InChI is InChI=1S/C7H10NO3P/c9-12(10,11)6-3-7-1-4-8-5-2-7/h1-2,4-5H,3,6H2,(H2,9,10,11). The van der Waals surface area contributed by atoms with Crippen molar-refractivity contribution >= 4 is 7.60 Å². The van der Waals surface area contributed by atoms with Crippen LogP contribution >= 0.6 is 7.60 Å². The summed E-state index contributed by atoms with van der Waals surface area (Å²) >= 11 is 0. The van der Waals surface area contributed by atoms with Crippen LogP contribution < -0.4 is 0 Å². The molecule has 0 aliphatic rings. The van der Waals surface area contributed by atoms with E-state index in [1.807, 2.05) is 0 Å². The Morgan fingerprint density at radius 3 is 2.42 bits per heavy atom. The molecule has 0 saturated heterocycles. The normalized spacial score (nSPS) is 11.5. The van der Waals surface area contributed by atoms with Crippen LogP contribution in [0.15, 0.2) is 24.5 Å². The lowest BCUT2D eigenvalue weighted by Crippen LogP contribution is -1.93. The Kier molecular flexibility index (Phi) is 2.98. The summed E-state index contributed by atoms with van der Waals surface area (Å²) < 4.78 is 10.5. The average molecular weight is 187 g/mol. The number of nitrogens with zero attached hydrogens (tertiary/aromatic N) is 1. The maximum atomic E-state index is 10.5. The Balaban J connectivity index is 2.50. The molecule has 0 bridgehead atoms. The predicted molar refractivity (Wildman–Crippen MR) is 44.9 cm³/mol. The van der Waals surface area contributed by atoms with Crippen LogP contribution in [0.3, 0.4) is 0 Å². The number of hydrogen-bond donors (Lipinski definition) is 2. The Morgan fingerprint density at radius 1 is 1.33 bits per heavy atom. The van der Waals surface area contributed by atoms with E-state index in [4.69, 9.17) is 9.79 Å². The van der Waals surface area contributed by atoms with Gasteiger partial charge in [-0.1, -0.05) is 0 Å². The summed E-state index contributed by atoms with van der Waals surface area (Å²) in [6.07, 6.45) is 3.51. The Hall–Kier alpha value is -0.700. The van der Waals surface area contributed by atoms with Gasteiger partial charge in [-0.25, -0.2) is 0 Å². The summed E-state index contributed by atoms with van der Waals surface area (Å²) in [6.45, 7) is 0. The van der Waals surface area contributed by atoms with E-state index in [-0.39, 0.29) is 6.16 Å². The summed E-state index contributed by atoms with van der Waals surface area (Å²) in [5.41, 5.74) is 0.897. The van der Waals surface area contributed by atoms with E-state index in [2.05, 4.69) is 4.98 Å². The molecular weight excluding hydrogens is 177 g/mol. The molecule has 0 radical (unpaired) electrons. The van der Waals surface area contributed by atoms with Crippen molar-refractivity contribution in [2.75, 3.05) is 6.16 Å². The van der Waals surface area contributed by atoms with E-state index in [9.17, 15) is 4.57 Å². The molecule has 1 heterocycles. The third kappa shape index (κ3) is 3.62. The second-order valence-electron chi connectivity index (χ2n) is 2.49. The number of rotatable bonds is 3. The minimum absolute atomic E-state index is 0.100. The molecule has 2 N–H and O–H groups in total. The molecule has 0 aliphatic heterocycles. The molecule has 0 spiro atoms. The van der Waals surface area contributed by atoms with E-state index in [1.165, 1.54) is 0 Å². The van der Waals surface area contributed by atoms with Crippen LogP contribution in [-0.4, -0.2) is 20.9 Å². The zero-order valence-electron chi connectivity index (χ0n) is 6.42. The van der Waals surface area contributed by atoms with Gasteiger partial charge in [-0.2, -0.15) is 0 Å². The number of aromatic nitrogens is 1. The molecule has 1 aromatic rings. The van der Waals surface area contributed by atoms with Crippen LogP contribution in [0.4, 0.5) is 0 Å². The van der Waals surface area contributed by atoms with Gasteiger partial charge in [-0.15, -0.1) is 0 Å². The second kappa shape index (κ2) is 3.81. The second-order valence-corrected chi connectivity index (χ2v) is 4.27. The third-order valence-electron chi connectivity index (χ3n) is 1.44. The minimum Gasteiger partial charge on any atom is -0.324 e. The van der Waals surface area contributed by atoms with Gasteiger partial charge in [0.05, 0.1) is 6.16 Å². The molecule has 12 heavy (non-hydrogen) atoms. The monoisotopic (exact) mass is 187 g/mol. The number of pyridine rings is 1. The minimum atomic E-state index is -3.85. The largest absolute Gasteiger partial charge is 0.325 e. The molecular formula is C7H10NO3P. The molecule has 66 valence electrons. The molecule has 0 saturated carbocycles. The van der Waals surface area contributed by atoms with E-state index < -0.39 is 7.60 Å². The van der Waals surface area contributed by atoms with Gasteiger partial charge < -0.3 is 9.79 Å². The molecule has 5 heteroatoms. The highest BCUT2D eigenvalue weighted by atomic mass is 31.2. The summed E-state index contributed by atoms with van der Waals surface area (Å²) in [5.74, 6) is 0. The topological polar surface area (TPSA) is 70.4 Å². The summed E-state index contributed by atoms with van der Waals surface area (Å²) in [4.78, 5) is 20.9. The Bertz CT molecular complexity index is 282.